The average Bonchev–Trinajstić information content (AvgIpc) is 3.18. The highest BCUT2D eigenvalue weighted by Crippen LogP contribution is 2.22. The van der Waals surface area contributed by atoms with E-state index in [1.807, 2.05) is 19.2 Å². The summed E-state index contributed by atoms with van der Waals surface area (Å²) in [5, 5.41) is 5.94. The highest BCUT2D eigenvalue weighted by molar-refractivity contribution is 7.09. The zero-order chi connectivity index (χ0) is 17.9. The van der Waals surface area contributed by atoms with Crippen molar-refractivity contribution in [3.05, 3.63) is 38.6 Å². The predicted molar refractivity (Wildman–Crippen MR) is 93.6 cm³/mol. The minimum atomic E-state index is -0.431. The molecule has 0 fully saturated rings. The number of hydrogen-bond acceptors (Lipinski definition) is 5. The van der Waals surface area contributed by atoms with Crippen LogP contribution in [0.5, 0.6) is 0 Å². The van der Waals surface area contributed by atoms with Crippen molar-refractivity contribution in [2.75, 3.05) is 7.11 Å². The number of ether oxygens (including phenoxy) is 1. The van der Waals surface area contributed by atoms with Gasteiger partial charge in [0.05, 0.1) is 29.4 Å². The number of nitrogens with zero attached hydrogens (tertiary/aromatic N) is 1. The Bertz CT molecular complexity index is 748. The Morgan fingerprint density at radius 1 is 1.38 bits per heavy atom. The monoisotopic (exact) mass is 349 g/mol. The average molecular weight is 349 g/mol. The summed E-state index contributed by atoms with van der Waals surface area (Å²) in [5.74, 6) is -0.685. The first-order valence-electron chi connectivity index (χ1n) is 7.97. The number of rotatable bonds is 6. The van der Waals surface area contributed by atoms with Crippen LogP contribution in [0.4, 0.5) is 0 Å². The number of aryl methyl sites for hydroxylation is 2. The van der Waals surface area contributed by atoms with E-state index < -0.39 is 5.97 Å². The van der Waals surface area contributed by atoms with Gasteiger partial charge in [0.1, 0.15) is 5.69 Å². The number of methoxy groups -OCH3 is 1. The minimum absolute atomic E-state index is 0.205. The maximum absolute atomic E-state index is 12.6. The Morgan fingerprint density at radius 3 is 2.62 bits per heavy atom. The van der Waals surface area contributed by atoms with Crippen molar-refractivity contribution in [1.82, 2.24) is 15.3 Å². The van der Waals surface area contributed by atoms with Crippen molar-refractivity contribution >= 4 is 23.2 Å². The molecule has 2 rings (SSSR count). The third kappa shape index (κ3) is 3.51. The number of aromatic nitrogens is 2. The number of esters is 1. The van der Waals surface area contributed by atoms with Gasteiger partial charge in [-0.25, -0.2) is 9.78 Å². The Labute approximate surface area is 145 Å². The van der Waals surface area contributed by atoms with Gasteiger partial charge < -0.3 is 15.0 Å². The van der Waals surface area contributed by atoms with Gasteiger partial charge in [0.2, 0.25) is 0 Å². The van der Waals surface area contributed by atoms with Crippen LogP contribution in [-0.4, -0.2) is 29.0 Å². The fourth-order valence-corrected chi connectivity index (χ4v) is 3.40. The van der Waals surface area contributed by atoms with Crippen molar-refractivity contribution in [3.63, 3.8) is 0 Å². The first kappa shape index (κ1) is 18.2. The molecule has 130 valence electrons. The Hall–Kier alpha value is -2.15. The minimum Gasteiger partial charge on any atom is -0.465 e. The SMILES string of the molecule is CCc1nc(C(C)NC(=O)c2[nH]c(CC)c(C(=O)OC)c2C)cs1. The smallest absolute Gasteiger partial charge is 0.339 e. The number of amides is 1. The highest BCUT2D eigenvalue weighted by Gasteiger charge is 2.24. The van der Waals surface area contributed by atoms with Gasteiger partial charge in [-0.15, -0.1) is 11.3 Å². The molecule has 6 nitrogen and oxygen atoms in total. The van der Waals surface area contributed by atoms with Crippen LogP contribution in [0.15, 0.2) is 5.38 Å². The second-order valence-electron chi connectivity index (χ2n) is 5.54. The van der Waals surface area contributed by atoms with E-state index in [1.165, 1.54) is 7.11 Å². The lowest BCUT2D eigenvalue weighted by atomic mass is 10.1. The summed E-state index contributed by atoms with van der Waals surface area (Å²) >= 11 is 1.59. The predicted octanol–water partition coefficient (Wildman–Crippen LogP) is 3.18. The molecule has 2 heterocycles. The van der Waals surface area contributed by atoms with E-state index in [0.717, 1.165) is 17.1 Å². The zero-order valence-corrected chi connectivity index (χ0v) is 15.5. The normalized spacial score (nSPS) is 12.0. The summed E-state index contributed by atoms with van der Waals surface area (Å²) in [6.45, 7) is 7.62. The van der Waals surface area contributed by atoms with E-state index >= 15 is 0 Å². The van der Waals surface area contributed by atoms with Crippen LogP contribution in [0.25, 0.3) is 0 Å². The van der Waals surface area contributed by atoms with Gasteiger partial charge in [0, 0.05) is 11.1 Å². The van der Waals surface area contributed by atoms with Gasteiger partial charge in [-0.1, -0.05) is 13.8 Å². The fraction of sp³-hybridized carbons (Fsp3) is 0.471. The molecule has 0 aliphatic heterocycles. The van der Waals surface area contributed by atoms with Crippen molar-refractivity contribution < 1.29 is 14.3 Å². The second kappa shape index (κ2) is 7.61. The van der Waals surface area contributed by atoms with E-state index in [2.05, 4.69) is 22.2 Å². The molecule has 2 aromatic rings. The summed E-state index contributed by atoms with van der Waals surface area (Å²) < 4.78 is 4.82. The molecule has 0 saturated heterocycles. The molecule has 0 radical (unpaired) electrons. The molecular weight excluding hydrogens is 326 g/mol. The molecule has 0 bridgehead atoms. The van der Waals surface area contributed by atoms with Crippen LogP contribution in [0.2, 0.25) is 0 Å². The third-order valence-corrected chi connectivity index (χ3v) is 4.97. The van der Waals surface area contributed by atoms with E-state index in [9.17, 15) is 9.59 Å². The van der Waals surface area contributed by atoms with Crippen molar-refractivity contribution in [3.8, 4) is 0 Å². The Morgan fingerprint density at radius 2 is 2.08 bits per heavy atom. The molecule has 0 aliphatic rings. The van der Waals surface area contributed by atoms with Crippen molar-refractivity contribution in [2.24, 2.45) is 0 Å². The molecule has 24 heavy (non-hydrogen) atoms. The number of carbonyl (C=O) groups excluding carboxylic acids is 2. The number of H-pyrrole nitrogens is 1. The lowest BCUT2D eigenvalue weighted by Gasteiger charge is -2.11. The van der Waals surface area contributed by atoms with E-state index in [4.69, 9.17) is 4.74 Å². The molecule has 1 unspecified atom stereocenters. The summed E-state index contributed by atoms with van der Waals surface area (Å²) in [5.41, 5.74) is 3.00. The third-order valence-electron chi connectivity index (χ3n) is 3.96. The number of thiazole rings is 1. The first-order valence-corrected chi connectivity index (χ1v) is 8.85. The summed E-state index contributed by atoms with van der Waals surface area (Å²) in [7, 11) is 1.34. The van der Waals surface area contributed by atoms with E-state index in [0.29, 0.717) is 28.9 Å². The zero-order valence-electron chi connectivity index (χ0n) is 14.6. The Balaban J connectivity index is 2.23. The molecule has 0 saturated carbocycles. The maximum Gasteiger partial charge on any atom is 0.339 e. The van der Waals surface area contributed by atoms with Crippen LogP contribution in [0, 0.1) is 6.92 Å². The lowest BCUT2D eigenvalue weighted by Crippen LogP contribution is -2.27. The standard InChI is InChI=1S/C17H23N3O3S/c1-6-11-14(17(22)23-5)9(3)15(20-11)16(21)18-10(4)12-8-24-13(7-2)19-12/h8,10,20H,6-7H2,1-5H3,(H,18,21). The first-order chi connectivity index (χ1) is 11.4. The largest absolute Gasteiger partial charge is 0.465 e. The molecule has 0 spiro atoms. The van der Waals surface area contributed by atoms with Gasteiger partial charge in [0.25, 0.3) is 5.91 Å². The molecule has 0 aliphatic carbocycles. The number of aromatic amines is 1. The van der Waals surface area contributed by atoms with Gasteiger partial charge in [-0.3, -0.25) is 4.79 Å². The highest BCUT2D eigenvalue weighted by atomic mass is 32.1. The van der Waals surface area contributed by atoms with E-state index in [-0.39, 0.29) is 11.9 Å². The quantitative estimate of drug-likeness (QED) is 0.785. The van der Waals surface area contributed by atoms with Gasteiger partial charge in [0.15, 0.2) is 0 Å². The van der Waals surface area contributed by atoms with Crippen LogP contribution in [0.3, 0.4) is 0 Å². The molecule has 7 heteroatoms. The summed E-state index contributed by atoms with van der Waals surface area (Å²) in [4.78, 5) is 32.1. The topological polar surface area (TPSA) is 84.1 Å². The number of carbonyl (C=O) groups is 2. The molecule has 2 N–H and O–H groups in total. The van der Waals surface area contributed by atoms with Crippen LogP contribution >= 0.6 is 11.3 Å². The molecule has 2 aromatic heterocycles. The molecule has 0 aromatic carbocycles. The van der Waals surface area contributed by atoms with Crippen LogP contribution in [-0.2, 0) is 17.6 Å². The van der Waals surface area contributed by atoms with Gasteiger partial charge in [-0.05, 0) is 32.3 Å². The van der Waals surface area contributed by atoms with Crippen molar-refractivity contribution in [1.29, 1.82) is 0 Å². The fourth-order valence-electron chi connectivity index (χ4n) is 2.56. The Kier molecular flexibility index (Phi) is 5.77. The molecular formula is C17H23N3O3S. The van der Waals surface area contributed by atoms with Crippen LogP contribution in [0.1, 0.15) is 69.6 Å². The van der Waals surface area contributed by atoms with Gasteiger partial charge >= 0.3 is 5.97 Å². The number of hydrogen-bond donors (Lipinski definition) is 2. The molecule has 1 amide bonds. The van der Waals surface area contributed by atoms with Crippen molar-refractivity contribution in [2.45, 2.75) is 46.6 Å². The number of nitrogens with one attached hydrogen (secondary N) is 2. The maximum atomic E-state index is 12.6. The van der Waals surface area contributed by atoms with Crippen LogP contribution < -0.4 is 5.32 Å². The summed E-state index contributed by atoms with van der Waals surface area (Å²) in [6, 6.07) is -0.205. The second-order valence-corrected chi connectivity index (χ2v) is 6.48. The summed E-state index contributed by atoms with van der Waals surface area (Å²) in [6.07, 6.45) is 1.49. The van der Waals surface area contributed by atoms with E-state index in [1.54, 1.807) is 18.3 Å². The molecule has 1 atom stereocenters. The lowest BCUT2D eigenvalue weighted by molar-refractivity contribution is 0.0599. The van der Waals surface area contributed by atoms with Gasteiger partial charge in [-0.2, -0.15) is 0 Å².